The quantitative estimate of drug-likeness (QED) is 0.369. The number of thioether (sulfide) groups is 1. The van der Waals surface area contributed by atoms with Crippen molar-refractivity contribution < 1.29 is 13.6 Å². The molecular weight excluding hydrogens is 438 g/mol. The lowest BCUT2D eigenvalue weighted by molar-refractivity contribution is -0.130. The summed E-state index contributed by atoms with van der Waals surface area (Å²) in [6, 6.07) is 17.1. The van der Waals surface area contributed by atoms with E-state index in [0.29, 0.717) is 29.0 Å². The molecule has 0 saturated heterocycles. The van der Waals surface area contributed by atoms with Crippen molar-refractivity contribution in [3.63, 3.8) is 0 Å². The van der Waals surface area contributed by atoms with Crippen LogP contribution in [0.1, 0.15) is 48.6 Å². The highest BCUT2D eigenvalue weighted by Gasteiger charge is 2.36. The number of furan rings is 2. The average Bonchev–Trinajstić information content (AvgIpc) is 3.34. The first-order chi connectivity index (χ1) is 16.3. The molecule has 1 saturated carbocycles. The molecule has 2 aliphatic rings. The maximum atomic E-state index is 13.3. The zero-order chi connectivity index (χ0) is 22.2. The third-order valence-corrected chi connectivity index (χ3v) is 6.70. The van der Waals surface area contributed by atoms with Crippen molar-refractivity contribution in [3.05, 3.63) is 84.5 Å². The topological polar surface area (TPSA) is 89.7 Å². The van der Waals surface area contributed by atoms with Gasteiger partial charge in [0.25, 0.3) is 5.91 Å². The average molecular weight is 460 g/mol. The maximum absolute atomic E-state index is 13.3. The van der Waals surface area contributed by atoms with Crippen LogP contribution in [0.4, 0.5) is 0 Å². The number of amides is 1. The van der Waals surface area contributed by atoms with E-state index in [0.717, 1.165) is 30.1 Å². The number of hydrogen-bond donors (Lipinski definition) is 0. The molecule has 0 bridgehead atoms. The van der Waals surface area contributed by atoms with Gasteiger partial charge in [0.2, 0.25) is 0 Å². The van der Waals surface area contributed by atoms with Crippen molar-refractivity contribution in [2.24, 2.45) is 5.10 Å². The van der Waals surface area contributed by atoms with Crippen LogP contribution in [0.25, 0.3) is 5.69 Å². The molecule has 3 aromatic heterocycles. The molecule has 1 aliphatic heterocycles. The van der Waals surface area contributed by atoms with Gasteiger partial charge in [0.05, 0.1) is 18.3 Å². The van der Waals surface area contributed by atoms with Crippen LogP contribution in [-0.4, -0.2) is 37.1 Å². The number of aromatic nitrogens is 3. The number of rotatable bonds is 7. The van der Waals surface area contributed by atoms with Crippen molar-refractivity contribution in [2.75, 3.05) is 5.75 Å². The summed E-state index contributed by atoms with van der Waals surface area (Å²) in [6.45, 7) is 0. The van der Waals surface area contributed by atoms with E-state index >= 15 is 0 Å². The summed E-state index contributed by atoms with van der Waals surface area (Å²) < 4.78 is 13.2. The van der Waals surface area contributed by atoms with Gasteiger partial charge in [0.1, 0.15) is 29.1 Å². The Bertz CT molecular complexity index is 1280. The van der Waals surface area contributed by atoms with E-state index in [-0.39, 0.29) is 17.7 Å². The van der Waals surface area contributed by atoms with E-state index in [2.05, 4.69) is 19.9 Å². The Morgan fingerprint density at radius 1 is 1.00 bits per heavy atom. The lowest BCUT2D eigenvalue weighted by Crippen LogP contribution is -2.28. The molecular formula is C24H21N5O3S. The highest BCUT2D eigenvalue weighted by atomic mass is 32.2. The summed E-state index contributed by atoms with van der Waals surface area (Å²) >= 11 is 1.38. The van der Waals surface area contributed by atoms with Crippen molar-refractivity contribution in [1.82, 2.24) is 19.8 Å². The van der Waals surface area contributed by atoms with Gasteiger partial charge in [-0.2, -0.15) is 5.10 Å². The molecule has 4 aromatic rings. The van der Waals surface area contributed by atoms with Crippen LogP contribution in [0.15, 0.2) is 86.2 Å². The molecule has 1 aliphatic carbocycles. The second-order valence-corrected chi connectivity index (χ2v) is 9.01. The van der Waals surface area contributed by atoms with Crippen molar-refractivity contribution in [3.8, 4) is 5.69 Å². The number of hydrazone groups is 1. The van der Waals surface area contributed by atoms with E-state index in [1.807, 2.05) is 54.6 Å². The lowest BCUT2D eigenvalue weighted by Gasteiger charge is -2.19. The van der Waals surface area contributed by atoms with E-state index in [9.17, 15) is 4.79 Å². The summed E-state index contributed by atoms with van der Waals surface area (Å²) in [7, 11) is 0. The Labute approximate surface area is 194 Å². The number of carbonyl (C=O) groups excluding carboxylic acids is 1. The van der Waals surface area contributed by atoms with Crippen molar-refractivity contribution in [1.29, 1.82) is 0 Å². The van der Waals surface area contributed by atoms with Crippen LogP contribution in [0.2, 0.25) is 0 Å². The maximum Gasteiger partial charge on any atom is 0.253 e. The Morgan fingerprint density at radius 3 is 2.55 bits per heavy atom. The molecule has 6 rings (SSSR count). The molecule has 1 atom stereocenters. The first kappa shape index (κ1) is 20.0. The van der Waals surface area contributed by atoms with Crippen molar-refractivity contribution in [2.45, 2.75) is 36.4 Å². The van der Waals surface area contributed by atoms with E-state index in [4.69, 9.17) is 8.83 Å². The van der Waals surface area contributed by atoms with Crippen LogP contribution in [-0.2, 0) is 4.79 Å². The van der Waals surface area contributed by atoms with Crippen LogP contribution >= 0.6 is 11.8 Å². The molecule has 0 spiro atoms. The van der Waals surface area contributed by atoms with Crippen LogP contribution in [0, 0.1) is 0 Å². The predicted octanol–water partition coefficient (Wildman–Crippen LogP) is 4.80. The molecule has 0 radical (unpaired) electrons. The molecule has 1 unspecified atom stereocenters. The normalized spacial score (nSPS) is 18.0. The molecule has 1 aromatic carbocycles. The van der Waals surface area contributed by atoms with E-state index < -0.39 is 0 Å². The first-order valence-electron chi connectivity index (χ1n) is 10.9. The highest BCUT2D eigenvalue weighted by molar-refractivity contribution is 7.99. The van der Waals surface area contributed by atoms with Gasteiger partial charge in [-0.25, -0.2) is 5.01 Å². The zero-order valence-corrected chi connectivity index (χ0v) is 18.5. The summed E-state index contributed by atoms with van der Waals surface area (Å²) in [4.78, 5) is 13.3. The zero-order valence-electron chi connectivity index (χ0n) is 17.7. The second-order valence-electron chi connectivity index (χ2n) is 8.07. The smallest absolute Gasteiger partial charge is 0.253 e. The van der Waals surface area contributed by atoms with Gasteiger partial charge in [-0.1, -0.05) is 30.0 Å². The predicted molar refractivity (Wildman–Crippen MR) is 122 cm³/mol. The molecule has 9 heteroatoms. The minimum absolute atomic E-state index is 0.126. The van der Waals surface area contributed by atoms with Crippen LogP contribution in [0.5, 0.6) is 0 Å². The molecule has 4 heterocycles. The third-order valence-electron chi connectivity index (χ3n) is 5.78. The number of benzene rings is 1. The van der Waals surface area contributed by atoms with Crippen molar-refractivity contribution >= 4 is 23.4 Å². The number of carbonyl (C=O) groups is 1. The monoisotopic (exact) mass is 459 g/mol. The minimum atomic E-state index is -0.304. The molecule has 166 valence electrons. The van der Waals surface area contributed by atoms with Gasteiger partial charge in [0.15, 0.2) is 5.16 Å². The number of nitrogens with zero attached hydrogens (tertiary/aromatic N) is 5. The largest absolute Gasteiger partial charge is 0.467 e. The van der Waals surface area contributed by atoms with Gasteiger partial charge in [0, 0.05) is 18.0 Å². The highest BCUT2D eigenvalue weighted by Crippen LogP contribution is 2.41. The summed E-state index contributed by atoms with van der Waals surface area (Å²) in [5.74, 6) is 2.81. The fourth-order valence-electron chi connectivity index (χ4n) is 4.03. The van der Waals surface area contributed by atoms with Gasteiger partial charge >= 0.3 is 0 Å². The van der Waals surface area contributed by atoms with Gasteiger partial charge in [-0.3, -0.25) is 9.36 Å². The molecule has 1 fully saturated rings. The first-order valence-corrected chi connectivity index (χ1v) is 11.9. The standard InChI is InChI=1S/C24H21N5O3S/c30-22(29-19(21-9-5-13-32-21)14-18(27-29)20-8-4-12-31-20)15-33-24-26-25-23(16-10-11-16)28(24)17-6-2-1-3-7-17/h1-9,12-13,16,19H,10-11,14-15H2. The second kappa shape index (κ2) is 8.40. The Morgan fingerprint density at radius 2 is 1.82 bits per heavy atom. The van der Waals surface area contributed by atoms with E-state index in [1.54, 1.807) is 12.5 Å². The van der Waals surface area contributed by atoms with Gasteiger partial charge in [-0.05, 0) is 49.2 Å². The molecule has 0 N–H and O–H groups in total. The molecule has 33 heavy (non-hydrogen) atoms. The minimum Gasteiger partial charge on any atom is -0.467 e. The Hall–Kier alpha value is -3.59. The third kappa shape index (κ3) is 3.89. The van der Waals surface area contributed by atoms with Crippen LogP contribution in [0.3, 0.4) is 0 Å². The van der Waals surface area contributed by atoms with Gasteiger partial charge in [-0.15, -0.1) is 10.2 Å². The Kier molecular flexibility index (Phi) is 5.10. The summed E-state index contributed by atoms with van der Waals surface area (Å²) in [6.07, 6.45) is 5.99. The van der Waals surface area contributed by atoms with E-state index in [1.165, 1.54) is 16.8 Å². The number of para-hydroxylation sites is 1. The summed E-state index contributed by atoms with van der Waals surface area (Å²) in [5.41, 5.74) is 1.73. The number of hydrogen-bond acceptors (Lipinski definition) is 7. The summed E-state index contributed by atoms with van der Waals surface area (Å²) in [5, 5.41) is 15.7. The SMILES string of the molecule is O=C(CSc1nnc(C2CC2)n1-c1ccccc1)N1N=C(c2ccco2)CC1c1ccco1. The Balaban J connectivity index is 1.25. The lowest BCUT2D eigenvalue weighted by atomic mass is 10.1. The van der Waals surface area contributed by atoms with Crippen LogP contribution < -0.4 is 0 Å². The van der Waals surface area contributed by atoms with Gasteiger partial charge < -0.3 is 8.83 Å². The fraction of sp³-hybridized carbons (Fsp3) is 0.250. The molecule has 8 nitrogen and oxygen atoms in total. The fourth-order valence-corrected chi connectivity index (χ4v) is 4.84. The molecule has 1 amide bonds.